The molecule has 204 valence electrons. The van der Waals surface area contributed by atoms with Gasteiger partial charge in [-0.2, -0.15) is 0 Å². The van der Waals surface area contributed by atoms with Gasteiger partial charge in [0.25, 0.3) is 0 Å². The zero-order chi connectivity index (χ0) is 29.0. The molecule has 5 aromatic rings. The summed E-state index contributed by atoms with van der Waals surface area (Å²) >= 11 is 0. The van der Waals surface area contributed by atoms with Crippen LogP contribution in [0.3, 0.4) is 0 Å². The maximum absolute atomic E-state index is 4.08. The first-order valence-corrected chi connectivity index (χ1v) is 13.4. The number of benzene rings is 3. The lowest BCUT2D eigenvalue weighted by molar-refractivity contribution is 1.15. The van der Waals surface area contributed by atoms with Crippen LogP contribution in [0.25, 0.3) is 0 Å². The summed E-state index contributed by atoms with van der Waals surface area (Å²) < 4.78 is 0. The van der Waals surface area contributed by atoms with E-state index in [4.69, 9.17) is 0 Å². The van der Waals surface area contributed by atoms with E-state index in [0.29, 0.717) is 0 Å². The van der Waals surface area contributed by atoms with E-state index >= 15 is 0 Å². The van der Waals surface area contributed by atoms with Gasteiger partial charge in [-0.3, -0.25) is 9.97 Å². The van der Waals surface area contributed by atoms with Gasteiger partial charge in [0.1, 0.15) is 0 Å². The lowest BCUT2D eigenvalue weighted by Crippen LogP contribution is -1.82. The zero-order valence-corrected chi connectivity index (χ0v) is 25.4. The van der Waals surface area contributed by atoms with Crippen molar-refractivity contribution in [1.29, 1.82) is 0 Å². The monoisotopic (exact) mass is 518 g/mol. The Balaban J connectivity index is 0.000000244. The lowest BCUT2D eigenvalue weighted by atomic mass is 10.1. The van der Waals surface area contributed by atoms with Gasteiger partial charge in [0.2, 0.25) is 0 Å². The molecule has 0 amide bonds. The first kappa shape index (κ1) is 33.0. The van der Waals surface area contributed by atoms with Crippen LogP contribution in [0.15, 0.2) is 116 Å². The summed E-state index contributed by atoms with van der Waals surface area (Å²) in [7, 11) is 0. The van der Waals surface area contributed by atoms with Crippen LogP contribution in [-0.4, -0.2) is 9.97 Å². The summed E-state index contributed by atoms with van der Waals surface area (Å²) in [6.45, 7) is 18.8. The molecular formula is C37H46N2. The van der Waals surface area contributed by atoms with Gasteiger partial charge >= 0.3 is 0 Å². The van der Waals surface area contributed by atoms with Crippen molar-refractivity contribution in [3.63, 3.8) is 0 Å². The van der Waals surface area contributed by atoms with E-state index in [1.807, 2.05) is 62.5 Å². The first-order chi connectivity index (χ1) is 18.6. The normalized spacial score (nSPS) is 9.15. The predicted molar refractivity (Wildman–Crippen MR) is 170 cm³/mol. The van der Waals surface area contributed by atoms with Gasteiger partial charge in [-0.1, -0.05) is 90.5 Å². The summed E-state index contributed by atoms with van der Waals surface area (Å²) in [6, 6.07) is 34.9. The molecule has 2 nitrogen and oxygen atoms in total. The number of aryl methyl sites for hydroxylation is 8. The third-order valence-corrected chi connectivity index (χ3v) is 6.33. The van der Waals surface area contributed by atoms with Crippen LogP contribution in [0.5, 0.6) is 0 Å². The summed E-state index contributed by atoms with van der Waals surface area (Å²) in [4.78, 5) is 8.06. The molecule has 0 aliphatic carbocycles. The molecule has 0 N–H and O–H groups in total. The second-order valence-electron chi connectivity index (χ2n) is 9.63. The predicted octanol–water partition coefficient (Wildman–Crippen LogP) is 10.00. The van der Waals surface area contributed by atoms with Crippen molar-refractivity contribution in [1.82, 2.24) is 9.97 Å². The van der Waals surface area contributed by atoms with E-state index in [1.165, 1.54) is 38.9 Å². The van der Waals surface area contributed by atoms with E-state index in [-0.39, 0.29) is 0 Å². The van der Waals surface area contributed by atoms with E-state index in [9.17, 15) is 0 Å². The van der Waals surface area contributed by atoms with E-state index in [0.717, 1.165) is 11.4 Å². The molecule has 0 aliphatic rings. The molecule has 0 fully saturated rings. The Bertz CT molecular complexity index is 1180. The molecule has 2 heteroatoms. The van der Waals surface area contributed by atoms with Crippen molar-refractivity contribution < 1.29 is 0 Å². The fraction of sp³-hybridized carbons (Fsp3) is 0.243. The van der Waals surface area contributed by atoms with Crippen LogP contribution in [-0.2, 0) is 0 Å². The molecule has 3 aromatic carbocycles. The molecule has 0 saturated heterocycles. The zero-order valence-electron chi connectivity index (χ0n) is 25.4. The van der Waals surface area contributed by atoms with Crippen molar-refractivity contribution in [2.24, 2.45) is 0 Å². The number of nitrogens with zero attached hydrogens (tertiary/aromatic N) is 2. The molecule has 0 atom stereocenters. The standard InChI is InChI=1S/C9H12.C8H10.C7H9N.C7H8.C6H7N/c1-7-5-4-6-8(2)9(7)3;1-7-5-3-4-6-8(7)2;1-6-4-3-5-8-7(6)2;1-7-5-3-2-4-6-7;1-6-4-2-3-5-7-6/h4-6H,1-3H3;3-6H,1-2H3;3-5H,1-2H3;2-6H,1H3;2-5H,1H3. The largest absolute Gasteiger partial charge is 0.262 e. The second-order valence-corrected chi connectivity index (χ2v) is 9.63. The molecule has 0 saturated carbocycles. The maximum atomic E-state index is 4.08. The van der Waals surface area contributed by atoms with Gasteiger partial charge in [0.15, 0.2) is 0 Å². The van der Waals surface area contributed by atoms with Gasteiger partial charge < -0.3 is 0 Å². The molecule has 0 unspecified atom stereocenters. The highest BCUT2D eigenvalue weighted by Crippen LogP contribution is 2.10. The molecule has 0 spiro atoms. The Morgan fingerprint density at radius 2 is 0.821 bits per heavy atom. The topological polar surface area (TPSA) is 25.8 Å². The number of pyridine rings is 2. The molecular weight excluding hydrogens is 472 g/mol. The Kier molecular flexibility index (Phi) is 16.1. The maximum Gasteiger partial charge on any atom is 0.0401 e. The van der Waals surface area contributed by atoms with E-state index in [2.05, 4.69) is 119 Å². The summed E-state index contributed by atoms with van der Waals surface area (Å²) in [6.07, 6.45) is 3.59. The van der Waals surface area contributed by atoms with Gasteiger partial charge in [0, 0.05) is 23.8 Å². The highest BCUT2D eigenvalue weighted by Gasteiger charge is 1.92. The van der Waals surface area contributed by atoms with Crippen molar-refractivity contribution >= 4 is 0 Å². The molecule has 0 aliphatic heterocycles. The van der Waals surface area contributed by atoms with Crippen molar-refractivity contribution in [3.05, 3.63) is 166 Å². The fourth-order valence-electron chi connectivity index (χ4n) is 3.11. The molecule has 2 heterocycles. The third kappa shape index (κ3) is 15.1. The fourth-order valence-corrected chi connectivity index (χ4v) is 3.11. The number of aromatic nitrogens is 2. The Morgan fingerprint density at radius 1 is 0.359 bits per heavy atom. The minimum absolute atomic E-state index is 1.07. The third-order valence-electron chi connectivity index (χ3n) is 6.33. The van der Waals surface area contributed by atoms with Crippen LogP contribution in [0.4, 0.5) is 0 Å². The molecule has 5 rings (SSSR count). The van der Waals surface area contributed by atoms with Crippen LogP contribution < -0.4 is 0 Å². The Hall–Kier alpha value is -4.04. The highest BCUT2D eigenvalue weighted by molar-refractivity contribution is 5.31. The number of hydrogen-bond acceptors (Lipinski definition) is 2. The van der Waals surface area contributed by atoms with Gasteiger partial charge in [-0.15, -0.1) is 0 Å². The minimum atomic E-state index is 1.07. The molecule has 39 heavy (non-hydrogen) atoms. The minimum Gasteiger partial charge on any atom is -0.262 e. The van der Waals surface area contributed by atoms with Crippen LogP contribution in [0.2, 0.25) is 0 Å². The van der Waals surface area contributed by atoms with E-state index < -0.39 is 0 Å². The Labute approximate surface area is 237 Å². The molecule has 0 bridgehead atoms. The average molecular weight is 519 g/mol. The quantitative estimate of drug-likeness (QED) is 0.204. The van der Waals surface area contributed by atoms with Crippen molar-refractivity contribution in [2.75, 3.05) is 0 Å². The van der Waals surface area contributed by atoms with Gasteiger partial charge in [0.05, 0.1) is 0 Å². The number of hydrogen-bond donors (Lipinski definition) is 0. The molecule has 0 radical (unpaired) electrons. The summed E-state index contributed by atoms with van der Waals surface area (Å²) in [5, 5.41) is 0. The Morgan fingerprint density at radius 3 is 1.13 bits per heavy atom. The average Bonchev–Trinajstić information content (AvgIpc) is 2.93. The number of rotatable bonds is 0. The van der Waals surface area contributed by atoms with Crippen molar-refractivity contribution in [3.8, 4) is 0 Å². The SMILES string of the molecule is Cc1cccc(C)c1C.Cc1ccccc1.Cc1ccccc1C.Cc1ccccn1.Cc1cccnc1C. The van der Waals surface area contributed by atoms with E-state index in [1.54, 1.807) is 6.20 Å². The van der Waals surface area contributed by atoms with Gasteiger partial charge in [-0.05, 0) is 114 Å². The summed E-state index contributed by atoms with van der Waals surface area (Å²) in [5.41, 5.74) is 11.7. The van der Waals surface area contributed by atoms with Crippen LogP contribution >= 0.6 is 0 Å². The smallest absolute Gasteiger partial charge is 0.0401 e. The first-order valence-electron chi connectivity index (χ1n) is 13.4. The second kappa shape index (κ2) is 19.1. The van der Waals surface area contributed by atoms with Crippen LogP contribution in [0.1, 0.15) is 50.3 Å². The molecule has 2 aromatic heterocycles. The summed E-state index contributed by atoms with van der Waals surface area (Å²) in [5.74, 6) is 0. The highest BCUT2D eigenvalue weighted by atomic mass is 14.7. The van der Waals surface area contributed by atoms with Crippen LogP contribution in [0, 0.1) is 62.3 Å². The van der Waals surface area contributed by atoms with Crippen molar-refractivity contribution in [2.45, 2.75) is 62.3 Å². The lowest BCUT2D eigenvalue weighted by Gasteiger charge is -2.00. The van der Waals surface area contributed by atoms with Gasteiger partial charge in [-0.25, -0.2) is 0 Å².